The SMILES string of the molecule is COCC(C)N1CCN2CCCC2C1. The van der Waals surface area contributed by atoms with Crippen LogP contribution in [0.4, 0.5) is 0 Å². The highest BCUT2D eigenvalue weighted by atomic mass is 16.5. The van der Waals surface area contributed by atoms with E-state index in [-0.39, 0.29) is 0 Å². The molecule has 0 radical (unpaired) electrons. The summed E-state index contributed by atoms with van der Waals surface area (Å²) in [6.45, 7) is 8.21. The molecule has 2 aliphatic rings. The fourth-order valence-electron chi connectivity index (χ4n) is 2.76. The van der Waals surface area contributed by atoms with Crippen LogP contribution in [0.25, 0.3) is 0 Å². The highest BCUT2D eigenvalue weighted by molar-refractivity contribution is 4.88. The lowest BCUT2D eigenvalue weighted by Crippen LogP contribution is -2.53. The molecule has 0 amide bonds. The standard InChI is InChI=1S/C11H22N2O/c1-10(9-14-2)13-7-6-12-5-3-4-11(12)8-13/h10-11H,3-9H2,1-2H3. The van der Waals surface area contributed by atoms with Gasteiger partial charge in [-0.2, -0.15) is 0 Å². The molecule has 0 aromatic heterocycles. The van der Waals surface area contributed by atoms with Crippen LogP contribution in [0.15, 0.2) is 0 Å². The lowest BCUT2D eigenvalue weighted by Gasteiger charge is -2.40. The molecular weight excluding hydrogens is 176 g/mol. The molecule has 2 unspecified atom stereocenters. The molecular formula is C11H22N2O. The van der Waals surface area contributed by atoms with Crippen molar-refractivity contribution in [3.63, 3.8) is 0 Å². The van der Waals surface area contributed by atoms with Crippen LogP contribution in [0.5, 0.6) is 0 Å². The minimum atomic E-state index is 0.586. The summed E-state index contributed by atoms with van der Waals surface area (Å²) < 4.78 is 5.21. The predicted octanol–water partition coefficient (Wildman–Crippen LogP) is 0.801. The number of nitrogens with zero attached hydrogens (tertiary/aromatic N) is 2. The van der Waals surface area contributed by atoms with Gasteiger partial charge in [-0.25, -0.2) is 0 Å². The van der Waals surface area contributed by atoms with Gasteiger partial charge in [0.25, 0.3) is 0 Å². The highest BCUT2D eigenvalue weighted by Gasteiger charge is 2.31. The molecule has 3 heteroatoms. The molecule has 0 spiro atoms. The fourth-order valence-corrected chi connectivity index (χ4v) is 2.76. The van der Waals surface area contributed by atoms with Crippen molar-refractivity contribution in [1.82, 2.24) is 9.80 Å². The second kappa shape index (κ2) is 4.60. The van der Waals surface area contributed by atoms with E-state index in [2.05, 4.69) is 16.7 Å². The molecule has 0 bridgehead atoms. The van der Waals surface area contributed by atoms with Crippen LogP contribution in [-0.4, -0.2) is 61.8 Å². The zero-order valence-corrected chi connectivity index (χ0v) is 9.41. The van der Waals surface area contributed by atoms with Crippen LogP contribution in [0.2, 0.25) is 0 Å². The highest BCUT2D eigenvalue weighted by Crippen LogP contribution is 2.22. The predicted molar refractivity (Wildman–Crippen MR) is 57.5 cm³/mol. The van der Waals surface area contributed by atoms with Crippen LogP contribution in [0.3, 0.4) is 0 Å². The molecule has 14 heavy (non-hydrogen) atoms. The van der Waals surface area contributed by atoms with Crippen molar-refractivity contribution < 1.29 is 4.74 Å². The van der Waals surface area contributed by atoms with Gasteiger partial charge in [-0.1, -0.05) is 0 Å². The van der Waals surface area contributed by atoms with Gasteiger partial charge in [-0.3, -0.25) is 9.80 Å². The Kier molecular flexibility index (Phi) is 3.42. The Morgan fingerprint density at radius 2 is 2.21 bits per heavy atom. The summed E-state index contributed by atoms with van der Waals surface area (Å²) in [5, 5.41) is 0. The van der Waals surface area contributed by atoms with Gasteiger partial charge in [0.1, 0.15) is 0 Å². The summed E-state index contributed by atoms with van der Waals surface area (Å²) in [7, 11) is 1.79. The monoisotopic (exact) mass is 198 g/mol. The second-order valence-corrected chi connectivity index (χ2v) is 4.63. The number of hydrogen-bond acceptors (Lipinski definition) is 3. The molecule has 0 N–H and O–H groups in total. The van der Waals surface area contributed by atoms with E-state index in [9.17, 15) is 0 Å². The van der Waals surface area contributed by atoms with Crippen molar-refractivity contribution in [3.8, 4) is 0 Å². The first kappa shape index (κ1) is 10.4. The Labute approximate surface area is 87.0 Å². The molecule has 0 saturated carbocycles. The van der Waals surface area contributed by atoms with E-state index in [0.29, 0.717) is 6.04 Å². The molecule has 2 fully saturated rings. The van der Waals surface area contributed by atoms with Gasteiger partial charge in [0.05, 0.1) is 6.61 Å². The molecule has 2 saturated heterocycles. The molecule has 2 rings (SSSR count). The molecule has 2 aliphatic heterocycles. The van der Waals surface area contributed by atoms with Crippen LogP contribution in [0, 0.1) is 0 Å². The maximum atomic E-state index is 5.21. The third kappa shape index (κ3) is 2.10. The van der Waals surface area contributed by atoms with E-state index < -0.39 is 0 Å². The van der Waals surface area contributed by atoms with Gasteiger partial charge in [0.2, 0.25) is 0 Å². The Morgan fingerprint density at radius 1 is 1.36 bits per heavy atom. The summed E-state index contributed by atoms with van der Waals surface area (Å²) >= 11 is 0. The first-order valence-corrected chi connectivity index (χ1v) is 5.78. The van der Waals surface area contributed by atoms with E-state index in [1.165, 1.54) is 39.0 Å². The lowest BCUT2D eigenvalue weighted by atomic mass is 10.1. The van der Waals surface area contributed by atoms with Crippen molar-refractivity contribution in [1.29, 1.82) is 0 Å². The van der Waals surface area contributed by atoms with Crippen molar-refractivity contribution >= 4 is 0 Å². The number of hydrogen-bond donors (Lipinski definition) is 0. The molecule has 0 aromatic carbocycles. The van der Waals surface area contributed by atoms with E-state index in [4.69, 9.17) is 4.74 Å². The van der Waals surface area contributed by atoms with Crippen molar-refractivity contribution in [2.24, 2.45) is 0 Å². The normalized spacial score (nSPS) is 31.7. The lowest BCUT2D eigenvalue weighted by molar-refractivity contribution is 0.0413. The number of ether oxygens (including phenoxy) is 1. The van der Waals surface area contributed by atoms with Gasteiger partial charge in [0, 0.05) is 38.8 Å². The Bertz CT molecular complexity index is 186. The van der Waals surface area contributed by atoms with Crippen molar-refractivity contribution in [2.45, 2.75) is 31.8 Å². The Balaban J connectivity index is 1.84. The zero-order valence-electron chi connectivity index (χ0n) is 9.41. The van der Waals surface area contributed by atoms with Crippen LogP contribution >= 0.6 is 0 Å². The number of piperazine rings is 1. The first-order valence-electron chi connectivity index (χ1n) is 5.78. The van der Waals surface area contributed by atoms with Crippen LogP contribution in [-0.2, 0) is 4.74 Å². The molecule has 3 nitrogen and oxygen atoms in total. The first-order chi connectivity index (χ1) is 6.81. The van der Waals surface area contributed by atoms with Gasteiger partial charge in [-0.15, -0.1) is 0 Å². The second-order valence-electron chi connectivity index (χ2n) is 4.63. The topological polar surface area (TPSA) is 15.7 Å². The van der Waals surface area contributed by atoms with Gasteiger partial charge < -0.3 is 4.74 Å². The average molecular weight is 198 g/mol. The smallest absolute Gasteiger partial charge is 0.0615 e. The van der Waals surface area contributed by atoms with Gasteiger partial charge in [-0.05, 0) is 26.3 Å². The zero-order chi connectivity index (χ0) is 9.97. The number of rotatable bonds is 3. The molecule has 2 heterocycles. The van der Waals surface area contributed by atoms with Crippen LogP contribution < -0.4 is 0 Å². The summed E-state index contributed by atoms with van der Waals surface area (Å²) in [5.74, 6) is 0. The third-order valence-electron chi connectivity index (χ3n) is 3.65. The van der Waals surface area contributed by atoms with Crippen molar-refractivity contribution in [2.75, 3.05) is 39.9 Å². The summed E-state index contributed by atoms with van der Waals surface area (Å²) in [6, 6.07) is 1.42. The van der Waals surface area contributed by atoms with Gasteiger partial charge in [0.15, 0.2) is 0 Å². The molecule has 0 aliphatic carbocycles. The van der Waals surface area contributed by atoms with Gasteiger partial charge >= 0.3 is 0 Å². The maximum Gasteiger partial charge on any atom is 0.0615 e. The third-order valence-corrected chi connectivity index (χ3v) is 3.65. The average Bonchev–Trinajstić information content (AvgIpc) is 2.64. The van der Waals surface area contributed by atoms with Crippen LogP contribution in [0.1, 0.15) is 19.8 Å². The number of fused-ring (bicyclic) bond motifs is 1. The summed E-state index contributed by atoms with van der Waals surface area (Å²) in [4.78, 5) is 5.23. The van der Waals surface area contributed by atoms with E-state index in [1.807, 2.05) is 0 Å². The van der Waals surface area contributed by atoms with E-state index >= 15 is 0 Å². The summed E-state index contributed by atoms with van der Waals surface area (Å²) in [5.41, 5.74) is 0. The Hall–Kier alpha value is -0.120. The molecule has 82 valence electrons. The Morgan fingerprint density at radius 3 is 3.00 bits per heavy atom. The minimum Gasteiger partial charge on any atom is -0.383 e. The largest absolute Gasteiger partial charge is 0.383 e. The van der Waals surface area contributed by atoms with E-state index in [0.717, 1.165) is 12.6 Å². The maximum absolute atomic E-state index is 5.21. The number of methoxy groups -OCH3 is 1. The quantitative estimate of drug-likeness (QED) is 0.667. The van der Waals surface area contributed by atoms with Crippen molar-refractivity contribution in [3.05, 3.63) is 0 Å². The molecule has 2 atom stereocenters. The van der Waals surface area contributed by atoms with E-state index in [1.54, 1.807) is 7.11 Å². The fraction of sp³-hybridized carbons (Fsp3) is 1.00. The minimum absolute atomic E-state index is 0.586. The molecule has 0 aromatic rings. The summed E-state index contributed by atoms with van der Waals surface area (Å²) in [6.07, 6.45) is 2.80.